The maximum absolute atomic E-state index is 4.35. The Hall–Kier alpha value is -1.06. The van der Waals surface area contributed by atoms with Gasteiger partial charge in [0.05, 0.1) is 6.20 Å². The quantitative estimate of drug-likeness (QED) is 0.605. The lowest BCUT2D eigenvalue weighted by molar-refractivity contribution is 0.324. The Morgan fingerprint density at radius 2 is 1.80 bits per heavy atom. The van der Waals surface area contributed by atoms with Gasteiger partial charge in [-0.15, -0.1) is 5.10 Å². The molecule has 0 spiro atoms. The molecule has 0 aliphatic carbocycles. The van der Waals surface area contributed by atoms with Crippen molar-refractivity contribution >= 4 is 5.82 Å². The Morgan fingerprint density at radius 3 is 2.30 bits per heavy atom. The Morgan fingerprint density at radius 1 is 1.05 bits per heavy atom. The van der Waals surface area contributed by atoms with E-state index in [9.17, 15) is 0 Å². The van der Waals surface area contributed by atoms with Crippen LogP contribution < -0.4 is 4.90 Å². The Bertz CT molecular complexity index is 330. The third kappa shape index (κ3) is 4.22. The predicted octanol–water partition coefficient (Wildman–Crippen LogP) is 4.55. The van der Waals surface area contributed by atoms with Gasteiger partial charge >= 0.3 is 0 Å². The molecular weight excluding hydrogens is 248 g/mol. The fourth-order valence-corrected chi connectivity index (χ4v) is 3.20. The SMILES string of the molecule is CCCCCCN(c1cn[nH]n1)C(CC)(CC)CCC. The van der Waals surface area contributed by atoms with E-state index in [4.69, 9.17) is 0 Å². The Kier molecular flexibility index (Phi) is 7.63. The maximum atomic E-state index is 4.35. The van der Waals surface area contributed by atoms with Crippen LogP contribution in [0.1, 0.15) is 79.1 Å². The number of unbranched alkanes of at least 4 members (excludes halogenated alkanes) is 3. The molecular formula is C16H32N4. The number of anilines is 1. The van der Waals surface area contributed by atoms with E-state index < -0.39 is 0 Å². The van der Waals surface area contributed by atoms with Gasteiger partial charge in [0.15, 0.2) is 5.82 Å². The molecule has 4 heteroatoms. The van der Waals surface area contributed by atoms with Crippen molar-refractivity contribution in [1.82, 2.24) is 15.4 Å². The highest BCUT2D eigenvalue weighted by atomic mass is 15.4. The summed E-state index contributed by atoms with van der Waals surface area (Å²) in [7, 11) is 0. The summed E-state index contributed by atoms with van der Waals surface area (Å²) in [6, 6.07) is 0. The topological polar surface area (TPSA) is 44.8 Å². The summed E-state index contributed by atoms with van der Waals surface area (Å²) in [5, 5.41) is 11.1. The van der Waals surface area contributed by atoms with Gasteiger partial charge in [0.1, 0.15) is 0 Å². The van der Waals surface area contributed by atoms with E-state index in [0.29, 0.717) is 0 Å². The van der Waals surface area contributed by atoms with Gasteiger partial charge in [-0.2, -0.15) is 10.3 Å². The molecule has 0 saturated heterocycles. The minimum Gasteiger partial charge on any atom is -0.348 e. The number of H-pyrrole nitrogens is 1. The molecule has 4 nitrogen and oxygen atoms in total. The zero-order chi connectivity index (χ0) is 14.8. The number of aromatic nitrogens is 3. The van der Waals surface area contributed by atoms with Gasteiger partial charge in [-0.25, -0.2) is 0 Å². The number of aromatic amines is 1. The third-order valence-corrected chi connectivity index (χ3v) is 4.52. The van der Waals surface area contributed by atoms with Crippen molar-refractivity contribution in [3.8, 4) is 0 Å². The first kappa shape index (κ1) is 17.0. The number of hydrogen-bond acceptors (Lipinski definition) is 3. The molecule has 0 saturated carbocycles. The van der Waals surface area contributed by atoms with E-state index in [1.165, 1.54) is 38.5 Å². The second-order valence-electron chi connectivity index (χ2n) is 5.72. The second kappa shape index (κ2) is 8.98. The monoisotopic (exact) mass is 280 g/mol. The molecule has 0 atom stereocenters. The molecule has 0 aromatic carbocycles. The van der Waals surface area contributed by atoms with Crippen LogP contribution in [0.2, 0.25) is 0 Å². The van der Waals surface area contributed by atoms with Crippen LogP contribution in [0.3, 0.4) is 0 Å². The summed E-state index contributed by atoms with van der Waals surface area (Å²) in [4.78, 5) is 2.51. The lowest BCUT2D eigenvalue weighted by Crippen LogP contribution is -2.49. The van der Waals surface area contributed by atoms with Crippen LogP contribution >= 0.6 is 0 Å². The molecule has 0 unspecified atom stereocenters. The molecule has 1 N–H and O–H groups in total. The first-order valence-corrected chi connectivity index (χ1v) is 8.37. The highest BCUT2D eigenvalue weighted by Gasteiger charge is 2.33. The average molecular weight is 280 g/mol. The average Bonchev–Trinajstić information content (AvgIpc) is 2.99. The van der Waals surface area contributed by atoms with Gasteiger partial charge in [-0.1, -0.05) is 53.4 Å². The molecule has 1 heterocycles. The van der Waals surface area contributed by atoms with Crippen molar-refractivity contribution in [2.75, 3.05) is 11.4 Å². The Labute approximate surface area is 124 Å². The van der Waals surface area contributed by atoms with E-state index in [0.717, 1.165) is 25.2 Å². The highest BCUT2D eigenvalue weighted by molar-refractivity contribution is 5.39. The normalized spacial score (nSPS) is 11.8. The zero-order valence-electron chi connectivity index (χ0n) is 13.8. The van der Waals surface area contributed by atoms with Crippen molar-refractivity contribution in [2.45, 2.75) is 84.6 Å². The van der Waals surface area contributed by atoms with E-state index in [1.807, 2.05) is 6.20 Å². The summed E-state index contributed by atoms with van der Waals surface area (Å²) >= 11 is 0. The maximum Gasteiger partial charge on any atom is 0.171 e. The fraction of sp³-hybridized carbons (Fsp3) is 0.875. The molecule has 0 aliphatic rings. The van der Waals surface area contributed by atoms with Gasteiger partial charge in [0, 0.05) is 12.1 Å². The van der Waals surface area contributed by atoms with Crippen LogP contribution in [0.25, 0.3) is 0 Å². The van der Waals surface area contributed by atoms with Crippen LogP contribution in [0.15, 0.2) is 6.20 Å². The number of nitrogens with zero attached hydrogens (tertiary/aromatic N) is 3. The van der Waals surface area contributed by atoms with Crippen LogP contribution in [-0.2, 0) is 0 Å². The van der Waals surface area contributed by atoms with Gasteiger partial charge in [0.2, 0.25) is 0 Å². The van der Waals surface area contributed by atoms with E-state index >= 15 is 0 Å². The molecule has 0 bridgehead atoms. The number of hydrogen-bond donors (Lipinski definition) is 1. The summed E-state index contributed by atoms with van der Waals surface area (Å²) in [6.45, 7) is 10.2. The second-order valence-corrected chi connectivity index (χ2v) is 5.72. The molecule has 1 rings (SSSR count). The van der Waals surface area contributed by atoms with Crippen LogP contribution in [-0.4, -0.2) is 27.5 Å². The molecule has 0 amide bonds. The van der Waals surface area contributed by atoms with Crippen LogP contribution in [0, 0.1) is 0 Å². The summed E-state index contributed by atoms with van der Waals surface area (Å²) in [5.74, 6) is 1.01. The van der Waals surface area contributed by atoms with Crippen molar-refractivity contribution in [2.24, 2.45) is 0 Å². The molecule has 116 valence electrons. The van der Waals surface area contributed by atoms with E-state index in [1.54, 1.807) is 0 Å². The molecule has 0 fully saturated rings. The highest BCUT2D eigenvalue weighted by Crippen LogP contribution is 2.33. The number of nitrogens with one attached hydrogen (secondary N) is 1. The predicted molar refractivity (Wildman–Crippen MR) is 86.1 cm³/mol. The Balaban J connectivity index is 2.84. The smallest absolute Gasteiger partial charge is 0.171 e. The van der Waals surface area contributed by atoms with Gasteiger partial charge in [-0.3, -0.25) is 0 Å². The first-order valence-electron chi connectivity index (χ1n) is 8.37. The van der Waals surface area contributed by atoms with Crippen molar-refractivity contribution in [3.63, 3.8) is 0 Å². The van der Waals surface area contributed by atoms with Gasteiger partial charge < -0.3 is 4.90 Å². The van der Waals surface area contributed by atoms with E-state index in [-0.39, 0.29) is 5.54 Å². The van der Waals surface area contributed by atoms with Crippen LogP contribution in [0.5, 0.6) is 0 Å². The third-order valence-electron chi connectivity index (χ3n) is 4.52. The summed E-state index contributed by atoms with van der Waals surface area (Å²) in [5.41, 5.74) is 0.234. The van der Waals surface area contributed by atoms with Crippen molar-refractivity contribution in [3.05, 3.63) is 6.20 Å². The molecule has 1 aromatic heterocycles. The number of rotatable bonds is 11. The first-order chi connectivity index (χ1) is 9.74. The minimum atomic E-state index is 0.234. The molecule has 1 aromatic rings. The lowest BCUT2D eigenvalue weighted by Gasteiger charge is -2.43. The standard InChI is InChI=1S/C16H32N4/c1-5-9-10-11-13-20(15-14-17-19-18-15)16(7-3,8-4)12-6-2/h14H,5-13H2,1-4H3,(H,17,18,19). The van der Waals surface area contributed by atoms with Gasteiger partial charge in [0.25, 0.3) is 0 Å². The zero-order valence-corrected chi connectivity index (χ0v) is 13.8. The van der Waals surface area contributed by atoms with Crippen molar-refractivity contribution in [1.29, 1.82) is 0 Å². The largest absolute Gasteiger partial charge is 0.348 e. The van der Waals surface area contributed by atoms with Gasteiger partial charge in [-0.05, 0) is 25.7 Å². The minimum absolute atomic E-state index is 0.234. The lowest BCUT2D eigenvalue weighted by atomic mass is 9.85. The molecule has 0 aliphatic heterocycles. The summed E-state index contributed by atoms with van der Waals surface area (Å²) in [6.07, 6.45) is 11.8. The summed E-state index contributed by atoms with van der Waals surface area (Å²) < 4.78 is 0. The fourth-order valence-electron chi connectivity index (χ4n) is 3.20. The van der Waals surface area contributed by atoms with Crippen LogP contribution in [0.4, 0.5) is 5.82 Å². The molecule has 20 heavy (non-hydrogen) atoms. The van der Waals surface area contributed by atoms with Crippen molar-refractivity contribution < 1.29 is 0 Å². The van der Waals surface area contributed by atoms with E-state index in [2.05, 4.69) is 48.0 Å². The molecule has 0 radical (unpaired) electrons.